The molecule has 0 unspecified atom stereocenters. The minimum Gasteiger partial charge on any atom is -0.383 e. The van der Waals surface area contributed by atoms with Gasteiger partial charge in [-0.05, 0) is 19.1 Å². The van der Waals surface area contributed by atoms with Gasteiger partial charge < -0.3 is 9.84 Å². The molecule has 21 heavy (non-hydrogen) atoms. The summed E-state index contributed by atoms with van der Waals surface area (Å²) in [6.45, 7) is 3.82. The maximum Gasteiger partial charge on any atom is 0.114 e. The number of aryl methyl sites for hydroxylation is 3. The van der Waals surface area contributed by atoms with Gasteiger partial charge in [-0.25, -0.2) is 0 Å². The van der Waals surface area contributed by atoms with E-state index in [4.69, 9.17) is 4.74 Å². The minimum absolute atomic E-state index is 0.566. The Labute approximate surface area is 123 Å². The monoisotopic (exact) mass is 288 g/mol. The zero-order valence-corrected chi connectivity index (χ0v) is 12.2. The van der Waals surface area contributed by atoms with Gasteiger partial charge in [0.15, 0.2) is 0 Å². The van der Waals surface area contributed by atoms with Gasteiger partial charge in [-0.1, -0.05) is 11.3 Å². The Morgan fingerprint density at radius 2 is 2.14 bits per heavy atom. The van der Waals surface area contributed by atoms with Crippen molar-refractivity contribution in [1.29, 1.82) is 0 Å². The van der Waals surface area contributed by atoms with Crippen molar-refractivity contribution in [2.24, 2.45) is 0 Å². The van der Waals surface area contributed by atoms with Gasteiger partial charge >= 0.3 is 0 Å². The maximum absolute atomic E-state index is 10.6. The fourth-order valence-corrected chi connectivity index (χ4v) is 2.55. The van der Waals surface area contributed by atoms with E-state index in [9.17, 15) is 5.11 Å². The van der Waals surface area contributed by atoms with Crippen LogP contribution in [0.3, 0.4) is 0 Å². The lowest BCUT2D eigenvalue weighted by Gasteiger charge is -2.29. The summed E-state index contributed by atoms with van der Waals surface area (Å²) < 4.78 is 7.06. The van der Waals surface area contributed by atoms with Gasteiger partial charge in [0.2, 0.25) is 0 Å². The largest absolute Gasteiger partial charge is 0.383 e. The number of aromatic nitrogens is 4. The molecule has 0 spiro atoms. The predicted octanol–water partition coefficient (Wildman–Crippen LogP) is 1.22. The number of aliphatic hydroxyl groups is 1. The van der Waals surface area contributed by atoms with Crippen LogP contribution in [0.1, 0.15) is 29.9 Å². The molecule has 0 aromatic carbocycles. The Morgan fingerprint density at radius 3 is 2.90 bits per heavy atom. The molecule has 0 amide bonds. The summed E-state index contributed by atoms with van der Waals surface area (Å²) in [5.41, 5.74) is 1.81. The Balaban J connectivity index is 1.65. The van der Waals surface area contributed by atoms with Crippen molar-refractivity contribution in [3.05, 3.63) is 41.5 Å². The fourth-order valence-electron chi connectivity index (χ4n) is 2.55. The molecule has 3 rings (SSSR count). The first-order chi connectivity index (χ1) is 10.2. The number of nitrogens with zero attached hydrogens (tertiary/aromatic N) is 4. The van der Waals surface area contributed by atoms with Crippen LogP contribution in [0.2, 0.25) is 0 Å². The van der Waals surface area contributed by atoms with E-state index in [1.165, 1.54) is 0 Å². The van der Waals surface area contributed by atoms with Crippen LogP contribution in [0, 0.1) is 6.92 Å². The van der Waals surface area contributed by atoms with Gasteiger partial charge in [-0.2, -0.15) is 0 Å². The number of ether oxygens (including phenoxy) is 1. The van der Waals surface area contributed by atoms with Crippen molar-refractivity contribution in [1.82, 2.24) is 20.0 Å². The molecular weight excluding hydrogens is 268 g/mol. The van der Waals surface area contributed by atoms with Crippen LogP contribution >= 0.6 is 0 Å². The SMILES string of the molecule is Cc1cccc(CCn2cc(C3(O)CCOCC3)nn2)n1. The molecule has 0 saturated carbocycles. The van der Waals surface area contributed by atoms with E-state index >= 15 is 0 Å². The summed E-state index contributed by atoms with van der Waals surface area (Å²) in [5.74, 6) is 0. The molecule has 0 aliphatic carbocycles. The third-order valence-electron chi connectivity index (χ3n) is 3.88. The van der Waals surface area contributed by atoms with E-state index in [0.717, 1.165) is 17.8 Å². The Kier molecular flexibility index (Phi) is 3.98. The van der Waals surface area contributed by atoms with E-state index in [2.05, 4.69) is 15.3 Å². The van der Waals surface area contributed by atoms with E-state index in [-0.39, 0.29) is 0 Å². The highest BCUT2D eigenvalue weighted by Crippen LogP contribution is 2.29. The normalized spacial score (nSPS) is 17.8. The van der Waals surface area contributed by atoms with E-state index in [0.29, 0.717) is 38.3 Å². The lowest BCUT2D eigenvalue weighted by atomic mass is 9.91. The molecule has 2 aromatic heterocycles. The first kappa shape index (κ1) is 14.2. The highest BCUT2D eigenvalue weighted by atomic mass is 16.5. The smallest absolute Gasteiger partial charge is 0.114 e. The molecule has 1 aliphatic rings. The van der Waals surface area contributed by atoms with E-state index in [1.54, 1.807) is 4.68 Å². The van der Waals surface area contributed by atoms with Gasteiger partial charge in [0.25, 0.3) is 0 Å². The summed E-state index contributed by atoms with van der Waals surface area (Å²) >= 11 is 0. The molecule has 6 heteroatoms. The molecule has 6 nitrogen and oxygen atoms in total. The molecule has 0 bridgehead atoms. The summed E-state index contributed by atoms with van der Waals surface area (Å²) in [7, 11) is 0. The predicted molar refractivity (Wildman–Crippen MR) is 76.6 cm³/mol. The molecule has 1 N–H and O–H groups in total. The van der Waals surface area contributed by atoms with Gasteiger partial charge in [0.05, 0.1) is 6.20 Å². The Morgan fingerprint density at radius 1 is 1.33 bits per heavy atom. The topological polar surface area (TPSA) is 73.1 Å². The Hall–Kier alpha value is -1.79. The summed E-state index contributed by atoms with van der Waals surface area (Å²) in [4.78, 5) is 4.47. The molecule has 112 valence electrons. The lowest BCUT2D eigenvalue weighted by Crippen LogP contribution is -2.33. The van der Waals surface area contributed by atoms with Crippen molar-refractivity contribution < 1.29 is 9.84 Å². The quantitative estimate of drug-likeness (QED) is 0.916. The molecular formula is C15H20N4O2. The minimum atomic E-state index is -0.891. The molecule has 0 radical (unpaired) electrons. The first-order valence-corrected chi connectivity index (χ1v) is 7.29. The first-order valence-electron chi connectivity index (χ1n) is 7.29. The van der Waals surface area contributed by atoms with Crippen LogP contribution in [0.5, 0.6) is 0 Å². The molecule has 0 atom stereocenters. The number of rotatable bonds is 4. The zero-order valence-electron chi connectivity index (χ0n) is 12.2. The van der Waals surface area contributed by atoms with E-state index < -0.39 is 5.60 Å². The van der Waals surface area contributed by atoms with Crippen LogP contribution in [0.25, 0.3) is 0 Å². The molecule has 1 fully saturated rings. The number of pyridine rings is 1. The lowest BCUT2D eigenvalue weighted by molar-refractivity contribution is -0.0706. The molecule has 1 saturated heterocycles. The van der Waals surface area contributed by atoms with Crippen molar-refractivity contribution in [2.45, 2.75) is 38.3 Å². The third-order valence-corrected chi connectivity index (χ3v) is 3.88. The van der Waals surface area contributed by atoms with Crippen LogP contribution < -0.4 is 0 Å². The molecule has 1 aliphatic heterocycles. The number of hydrogen-bond donors (Lipinski definition) is 1. The second-order valence-corrected chi connectivity index (χ2v) is 5.53. The second-order valence-electron chi connectivity index (χ2n) is 5.53. The Bertz CT molecular complexity index is 605. The van der Waals surface area contributed by atoms with Crippen molar-refractivity contribution in [2.75, 3.05) is 13.2 Å². The third kappa shape index (κ3) is 3.28. The van der Waals surface area contributed by atoms with Crippen LogP contribution in [-0.4, -0.2) is 38.3 Å². The molecule has 2 aromatic rings. The van der Waals surface area contributed by atoms with Crippen LogP contribution in [0.15, 0.2) is 24.4 Å². The zero-order chi connectivity index (χ0) is 14.7. The van der Waals surface area contributed by atoms with E-state index in [1.807, 2.05) is 31.3 Å². The molecule has 3 heterocycles. The van der Waals surface area contributed by atoms with Crippen LogP contribution in [0.4, 0.5) is 0 Å². The second kappa shape index (κ2) is 5.91. The average molecular weight is 288 g/mol. The summed E-state index contributed by atoms with van der Waals surface area (Å²) in [5, 5.41) is 18.8. The van der Waals surface area contributed by atoms with Gasteiger partial charge in [-0.15, -0.1) is 5.10 Å². The maximum atomic E-state index is 10.6. The average Bonchev–Trinajstić information content (AvgIpc) is 2.96. The summed E-state index contributed by atoms with van der Waals surface area (Å²) in [6, 6.07) is 6.00. The highest BCUT2D eigenvalue weighted by Gasteiger charge is 2.34. The summed E-state index contributed by atoms with van der Waals surface area (Å²) in [6.07, 6.45) is 3.78. The van der Waals surface area contributed by atoms with Gasteiger partial charge in [0.1, 0.15) is 11.3 Å². The van der Waals surface area contributed by atoms with Crippen molar-refractivity contribution in [3.8, 4) is 0 Å². The van der Waals surface area contributed by atoms with Crippen molar-refractivity contribution >= 4 is 0 Å². The van der Waals surface area contributed by atoms with Gasteiger partial charge in [-0.3, -0.25) is 9.67 Å². The van der Waals surface area contributed by atoms with Crippen molar-refractivity contribution in [3.63, 3.8) is 0 Å². The highest BCUT2D eigenvalue weighted by molar-refractivity contribution is 5.10. The standard InChI is InChI=1S/C15H20N4O2/c1-12-3-2-4-13(16-12)5-8-19-11-14(17-18-19)15(20)6-9-21-10-7-15/h2-4,11,20H,5-10H2,1H3. The van der Waals surface area contributed by atoms with Crippen LogP contribution in [-0.2, 0) is 23.3 Å². The fraction of sp³-hybridized carbons (Fsp3) is 0.533. The van der Waals surface area contributed by atoms with Gasteiger partial charge in [0, 0.05) is 50.4 Å². The number of hydrogen-bond acceptors (Lipinski definition) is 5.